The van der Waals surface area contributed by atoms with E-state index in [9.17, 15) is 16.8 Å². The van der Waals surface area contributed by atoms with Crippen molar-refractivity contribution in [2.24, 2.45) is 0 Å². The summed E-state index contributed by atoms with van der Waals surface area (Å²) >= 11 is 0. The zero-order valence-electron chi connectivity index (χ0n) is 19.1. The van der Waals surface area contributed by atoms with Crippen LogP contribution in [0.2, 0.25) is 5.04 Å². The first-order valence-electron chi connectivity index (χ1n) is 10.2. The van der Waals surface area contributed by atoms with Crippen molar-refractivity contribution in [3.05, 3.63) is 60.7 Å². The second-order valence-corrected chi connectivity index (χ2v) is 16.2. The lowest BCUT2D eigenvalue weighted by Crippen LogP contribution is -2.68. The fourth-order valence-corrected chi connectivity index (χ4v) is 9.15. The normalized spacial score (nSPS) is 14.3. The van der Waals surface area contributed by atoms with E-state index in [-0.39, 0.29) is 24.7 Å². The summed E-state index contributed by atoms with van der Waals surface area (Å²) in [6, 6.07) is 19.7. The van der Waals surface area contributed by atoms with Gasteiger partial charge in [0.1, 0.15) is 0 Å². The molecule has 0 aliphatic heterocycles. The van der Waals surface area contributed by atoms with E-state index in [0.29, 0.717) is 0 Å². The predicted octanol–water partition coefficient (Wildman–Crippen LogP) is 2.27. The number of hydrogen-bond donors (Lipinski definition) is 0. The zero-order chi connectivity index (χ0) is 24.0. The summed E-state index contributed by atoms with van der Waals surface area (Å²) in [6.45, 7) is 5.91. The summed E-state index contributed by atoms with van der Waals surface area (Å²) in [7, 11) is -10.3. The molecular formula is C22H32O7S2Si. The Kier molecular flexibility index (Phi) is 8.82. The van der Waals surface area contributed by atoms with E-state index >= 15 is 0 Å². The minimum absolute atomic E-state index is 0.144. The highest BCUT2D eigenvalue weighted by molar-refractivity contribution is 7.86. The van der Waals surface area contributed by atoms with Crippen LogP contribution in [0, 0.1) is 0 Å². The molecule has 2 rings (SSSR count). The molecule has 0 aliphatic carbocycles. The average Bonchev–Trinajstić information content (AvgIpc) is 2.68. The van der Waals surface area contributed by atoms with Gasteiger partial charge in [-0.05, 0) is 21.8 Å². The molecule has 0 fully saturated rings. The number of rotatable bonds is 11. The van der Waals surface area contributed by atoms with Crippen molar-refractivity contribution in [2.75, 3.05) is 25.7 Å². The molecule has 0 radical (unpaired) electrons. The highest BCUT2D eigenvalue weighted by atomic mass is 32.2. The van der Waals surface area contributed by atoms with E-state index in [4.69, 9.17) is 12.8 Å². The van der Waals surface area contributed by atoms with Crippen molar-refractivity contribution >= 4 is 38.9 Å². The van der Waals surface area contributed by atoms with Gasteiger partial charge in [0, 0.05) is 0 Å². The Hall–Kier alpha value is -1.56. The Morgan fingerprint density at radius 1 is 0.781 bits per heavy atom. The van der Waals surface area contributed by atoms with Crippen molar-refractivity contribution in [3.8, 4) is 0 Å². The van der Waals surface area contributed by atoms with Gasteiger partial charge in [0.2, 0.25) is 0 Å². The van der Waals surface area contributed by atoms with Crippen LogP contribution in [-0.2, 0) is 33.0 Å². The van der Waals surface area contributed by atoms with Crippen LogP contribution in [0.25, 0.3) is 0 Å². The molecule has 1 atom stereocenters. The molecule has 0 aliphatic rings. The summed E-state index contributed by atoms with van der Waals surface area (Å²) in [5.41, 5.74) is 0. The van der Waals surface area contributed by atoms with Crippen LogP contribution >= 0.6 is 0 Å². The topological polar surface area (TPSA) is 96.0 Å². The molecule has 32 heavy (non-hydrogen) atoms. The molecule has 1 unspecified atom stereocenters. The maximum absolute atomic E-state index is 11.7. The summed E-state index contributed by atoms with van der Waals surface area (Å²) in [6.07, 6.45) is 1.38. The van der Waals surface area contributed by atoms with Crippen LogP contribution < -0.4 is 10.4 Å². The minimum Gasteiger partial charge on any atom is -0.402 e. The van der Waals surface area contributed by atoms with Gasteiger partial charge in [-0.1, -0.05) is 81.4 Å². The molecule has 0 saturated heterocycles. The predicted molar refractivity (Wildman–Crippen MR) is 129 cm³/mol. The lowest BCUT2D eigenvalue weighted by atomic mass is 10.2. The highest BCUT2D eigenvalue weighted by Gasteiger charge is 2.51. The van der Waals surface area contributed by atoms with E-state index < -0.39 is 34.7 Å². The van der Waals surface area contributed by atoms with Gasteiger partial charge in [0.25, 0.3) is 28.6 Å². The average molecular weight is 501 g/mol. The van der Waals surface area contributed by atoms with E-state index in [1.165, 1.54) is 0 Å². The third kappa shape index (κ3) is 7.50. The number of hydrogen-bond acceptors (Lipinski definition) is 7. The molecular weight excluding hydrogens is 468 g/mol. The van der Waals surface area contributed by atoms with Gasteiger partial charge in [-0.2, -0.15) is 16.8 Å². The van der Waals surface area contributed by atoms with Gasteiger partial charge >= 0.3 is 0 Å². The summed E-state index contributed by atoms with van der Waals surface area (Å²) < 4.78 is 63.1. The molecule has 0 saturated carbocycles. The second-order valence-electron chi connectivity index (χ2n) is 8.71. The fraction of sp³-hybridized carbons (Fsp3) is 0.455. The van der Waals surface area contributed by atoms with Crippen LogP contribution in [0.15, 0.2) is 60.7 Å². The Bertz CT molecular complexity index is 1020. The van der Waals surface area contributed by atoms with Gasteiger partial charge in [-0.15, -0.1) is 0 Å². The Labute approximate surface area is 193 Å². The summed E-state index contributed by atoms with van der Waals surface area (Å²) in [4.78, 5) is 0. The zero-order valence-corrected chi connectivity index (χ0v) is 21.8. The van der Waals surface area contributed by atoms with Gasteiger partial charge in [-0.3, -0.25) is 8.37 Å². The Morgan fingerprint density at radius 2 is 1.22 bits per heavy atom. The van der Waals surface area contributed by atoms with Gasteiger partial charge in [0.15, 0.2) is 0 Å². The van der Waals surface area contributed by atoms with E-state index in [1.54, 1.807) is 0 Å². The van der Waals surface area contributed by atoms with Crippen molar-refractivity contribution in [3.63, 3.8) is 0 Å². The lowest BCUT2D eigenvalue weighted by Gasteiger charge is -2.45. The quantitative estimate of drug-likeness (QED) is 0.345. The fourth-order valence-electron chi connectivity index (χ4n) is 3.65. The molecule has 0 amide bonds. The largest absolute Gasteiger partial charge is 0.402 e. The van der Waals surface area contributed by atoms with Crippen LogP contribution in [0.1, 0.15) is 27.2 Å². The van der Waals surface area contributed by atoms with Crippen molar-refractivity contribution in [1.29, 1.82) is 0 Å². The highest BCUT2D eigenvalue weighted by Crippen LogP contribution is 2.37. The molecule has 0 bridgehead atoms. The second kappa shape index (κ2) is 10.6. The van der Waals surface area contributed by atoms with E-state index in [1.807, 2.05) is 60.7 Å². The Balaban J connectivity index is 2.55. The maximum Gasteiger partial charge on any atom is 0.264 e. The van der Waals surface area contributed by atoms with Crippen molar-refractivity contribution in [2.45, 2.75) is 38.3 Å². The molecule has 178 valence electrons. The summed E-state index contributed by atoms with van der Waals surface area (Å²) in [5.74, 6) is 0. The minimum atomic E-state index is -3.72. The smallest absolute Gasteiger partial charge is 0.264 e. The first-order chi connectivity index (χ1) is 14.7. The van der Waals surface area contributed by atoms with Gasteiger partial charge in [0.05, 0.1) is 31.8 Å². The molecule has 2 aromatic rings. The standard InChI is InChI=1S/C22H32O7S2Si/c1-22(2,3)32(20-12-8-6-9-13-20,21-14-10-7-11-15-21)29-19(18-28-31(5,25)26)16-17-27-30(4,23)24/h6-15,19H,16-18H2,1-5H3. The van der Waals surface area contributed by atoms with E-state index in [0.717, 1.165) is 22.9 Å². The van der Waals surface area contributed by atoms with E-state index in [2.05, 4.69) is 20.8 Å². The maximum atomic E-state index is 11.7. The molecule has 2 aromatic carbocycles. The molecule has 7 nitrogen and oxygen atoms in total. The van der Waals surface area contributed by atoms with Gasteiger partial charge in [-0.25, -0.2) is 0 Å². The third-order valence-electron chi connectivity index (χ3n) is 4.97. The first kappa shape index (κ1) is 26.7. The SMILES string of the molecule is CC(C)(C)[Si](OC(CCOS(C)(=O)=O)COS(C)(=O)=O)(c1ccccc1)c1ccccc1. The monoisotopic (exact) mass is 500 g/mol. The van der Waals surface area contributed by atoms with Gasteiger partial charge < -0.3 is 4.43 Å². The van der Waals surface area contributed by atoms with Crippen LogP contribution in [0.5, 0.6) is 0 Å². The van der Waals surface area contributed by atoms with Crippen LogP contribution in [-0.4, -0.2) is 57.0 Å². The molecule has 0 heterocycles. The lowest BCUT2D eigenvalue weighted by molar-refractivity contribution is 0.101. The number of benzene rings is 2. The first-order valence-corrected chi connectivity index (χ1v) is 15.8. The Morgan fingerprint density at radius 3 is 1.59 bits per heavy atom. The molecule has 10 heteroatoms. The van der Waals surface area contributed by atoms with Crippen molar-refractivity contribution in [1.82, 2.24) is 0 Å². The van der Waals surface area contributed by atoms with Crippen LogP contribution in [0.4, 0.5) is 0 Å². The van der Waals surface area contributed by atoms with Crippen LogP contribution in [0.3, 0.4) is 0 Å². The summed E-state index contributed by atoms with van der Waals surface area (Å²) in [5, 5.41) is 1.70. The molecule has 0 N–H and O–H groups in total. The third-order valence-corrected chi connectivity index (χ3v) is 11.2. The molecule has 0 spiro atoms. The molecule has 0 aromatic heterocycles. The van der Waals surface area contributed by atoms with Crippen molar-refractivity contribution < 1.29 is 29.6 Å².